The highest BCUT2D eigenvalue weighted by molar-refractivity contribution is 7.90. The molecule has 0 saturated carbocycles. The first-order valence-corrected chi connectivity index (χ1v) is 14.1. The third kappa shape index (κ3) is 6.59. The second-order valence-corrected chi connectivity index (χ2v) is 11.8. The number of hydrogen-bond acceptors (Lipinski definition) is 5. The fourth-order valence-electron chi connectivity index (χ4n) is 4.39. The fourth-order valence-corrected chi connectivity index (χ4v) is 5.22. The zero-order valence-corrected chi connectivity index (χ0v) is 22.1. The van der Waals surface area contributed by atoms with Gasteiger partial charge in [0.25, 0.3) is 0 Å². The van der Waals surface area contributed by atoms with Crippen LogP contribution in [-0.4, -0.2) is 48.0 Å². The molecule has 0 unspecified atom stereocenters. The molecule has 4 aromatic rings. The minimum Gasteiger partial charge on any atom is -0.477 e. The first-order chi connectivity index (χ1) is 17.5. The van der Waals surface area contributed by atoms with Crippen LogP contribution in [0.1, 0.15) is 40.2 Å². The van der Waals surface area contributed by atoms with Crippen molar-refractivity contribution in [2.75, 3.05) is 12.8 Å². The highest BCUT2D eigenvalue weighted by atomic mass is 35.5. The van der Waals surface area contributed by atoms with Gasteiger partial charge in [-0.05, 0) is 72.5 Å². The van der Waals surface area contributed by atoms with E-state index in [1.165, 1.54) is 12.1 Å². The topological polar surface area (TPSA) is 109 Å². The Hall–Kier alpha value is -3.17. The van der Waals surface area contributed by atoms with Crippen LogP contribution in [0.2, 0.25) is 5.02 Å². The zero-order chi connectivity index (χ0) is 26.7. The lowest BCUT2D eigenvalue weighted by molar-refractivity contribution is 0.0686. The van der Waals surface area contributed by atoms with Gasteiger partial charge in [0.2, 0.25) is 0 Å². The smallest absolute Gasteiger partial charge is 0.352 e. The molecule has 0 saturated heterocycles. The Bertz CT molecular complexity index is 1530. The molecule has 9 heteroatoms. The first kappa shape index (κ1) is 26.9. The molecule has 0 spiro atoms. The molecule has 0 amide bonds. The highest BCUT2D eigenvalue weighted by Crippen LogP contribution is 2.24. The molecule has 3 N–H and O–H groups in total. The minimum atomic E-state index is -3.30. The molecule has 1 heterocycles. The van der Waals surface area contributed by atoms with E-state index in [0.717, 1.165) is 33.8 Å². The molecule has 2 atom stereocenters. The Balaban J connectivity index is 1.49. The van der Waals surface area contributed by atoms with Crippen LogP contribution in [0.4, 0.5) is 0 Å². The van der Waals surface area contributed by atoms with Crippen LogP contribution in [0.15, 0.2) is 77.7 Å². The number of nitrogens with one attached hydrogen (secondary N) is 1. The number of carboxylic acid groups (broad SMARTS) is 1. The van der Waals surface area contributed by atoms with Crippen LogP contribution in [0.3, 0.4) is 0 Å². The summed E-state index contributed by atoms with van der Waals surface area (Å²) in [6.07, 6.45) is 1.17. The number of aromatic nitrogens is 1. The molecule has 7 nitrogen and oxygen atoms in total. The Morgan fingerprint density at radius 3 is 2.38 bits per heavy atom. The van der Waals surface area contributed by atoms with Crippen molar-refractivity contribution in [3.8, 4) is 0 Å². The Kier molecular flexibility index (Phi) is 8.04. The summed E-state index contributed by atoms with van der Waals surface area (Å²) in [7, 11) is -3.30. The maximum Gasteiger partial charge on any atom is 0.352 e. The van der Waals surface area contributed by atoms with E-state index in [1.54, 1.807) is 34.9 Å². The summed E-state index contributed by atoms with van der Waals surface area (Å²) in [5, 5.41) is 25.0. The molecule has 4 rings (SSSR count). The van der Waals surface area contributed by atoms with Gasteiger partial charge in [0.15, 0.2) is 9.84 Å². The second-order valence-electron chi connectivity index (χ2n) is 9.31. The molecular formula is C28H29ClN2O5S. The molecule has 0 aliphatic heterocycles. The quantitative estimate of drug-likeness (QED) is 0.269. The predicted molar refractivity (Wildman–Crippen MR) is 145 cm³/mol. The van der Waals surface area contributed by atoms with Crippen LogP contribution in [0, 0.1) is 0 Å². The van der Waals surface area contributed by atoms with Crippen LogP contribution in [-0.2, 0) is 22.8 Å². The lowest BCUT2D eigenvalue weighted by Gasteiger charge is -2.18. The number of fused-ring (bicyclic) bond motifs is 1. The van der Waals surface area contributed by atoms with Crippen molar-refractivity contribution >= 4 is 38.3 Å². The molecule has 0 bridgehead atoms. The van der Waals surface area contributed by atoms with Gasteiger partial charge in [0.1, 0.15) is 5.69 Å². The number of carboxylic acids is 1. The number of benzene rings is 3. The third-order valence-electron chi connectivity index (χ3n) is 6.31. The van der Waals surface area contributed by atoms with Crippen molar-refractivity contribution in [2.24, 2.45) is 0 Å². The van der Waals surface area contributed by atoms with E-state index >= 15 is 0 Å². The monoisotopic (exact) mass is 540 g/mol. The molecule has 1 aromatic heterocycles. The van der Waals surface area contributed by atoms with Crippen molar-refractivity contribution < 1.29 is 23.4 Å². The van der Waals surface area contributed by atoms with Gasteiger partial charge in [0.05, 0.1) is 11.0 Å². The van der Waals surface area contributed by atoms with Crippen LogP contribution in [0.25, 0.3) is 10.9 Å². The molecular weight excluding hydrogens is 512 g/mol. The number of aliphatic hydroxyl groups excluding tert-OH is 1. The van der Waals surface area contributed by atoms with Crippen molar-refractivity contribution in [1.82, 2.24) is 9.88 Å². The predicted octanol–water partition coefficient (Wildman–Crippen LogP) is 4.70. The fraction of sp³-hybridized carbons (Fsp3) is 0.250. The van der Waals surface area contributed by atoms with E-state index in [-0.39, 0.29) is 16.6 Å². The average Bonchev–Trinajstić information content (AvgIpc) is 3.20. The zero-order valence-electron chi connectivity index (χ0n) is 20.6. The summed E-state index contributed by atoms with van der Waals surface area (Å²) in [6, 6.07) is 21.2. The average molecular weight is 541 g/mol. The highest BCUT2D eigenvalue weighted by Gasteiger charge is 2.17. The Morgan fingerprint density at radius 1 is 1.03 bits per heavy atom. The minimum absolute atomic E-state index is 0.0701. The van der Waals surface area contributed by atoms with E-state index < -0.39 is 21.9 Å². The van der Waals surface area contributed by atoms with Gasteiger partial charge in [-0.2, -0.15) is 0 Å². The number of aliphatic hydroxyl groups is 1. The van der Waals surface area contributed by atoms with Gasteiger partial charge in [-0.15, -0.1) is 0 Å². The van der Waals surface area contributed by atoms with E-state index in [0.29, 0.717) is 24.5 Å². The maximum absolute atomic E-state index is 12.0. The Labute approximate surface area is 221 Å². The summed E-state index contributed by atoms with van der Waals surface area (Å²) >= 11 is 6.01. The number of aromatic carboxylic acids is 1. The van der Waals surface area contributed by atoms with Gasteiger partial charge >= 0.3 is 5.97 Å². The molecule has 194 valence electrons. The molecule has 0 fully saturated rings. The molecule has 0 aliphatic carbocycles. The molecule has 37 heavy (non-hydrogen) atoms. The molecule has 0 radical (unpaired) electrons. The van der Waals surface area contributed by atoms with Gasteiger partial charge in [0, 0.05) is 41.3 Å². The van der Waals surface area contributed by atoms with Gasteiger partial charge in [-0.25, -0.2) is 13.2 Å². The summed E-state index contributed by atoms with van der Waals surface area (Å²) in [6.45, 7) is 2.71. The largest absolute Gasteiger partial charge is 0.477 e. The third-order valence-corrected chi connectivity index (χ3v) is 7.68. The summed E-state index contributed by atoms with van der Waals surface area (Å²) in [4.78, 5) is 12.2. The summed E-state index contributed by atoms with van der Waals surface area (Å²) in [5.41, 5.74) is 3.53. The summed E-state index contributed by atoms with van der Waals surface area (Å²) < 4.78 is 25.2. The van der Waals surface area contributed by atoms with Crippen LogP contribution < -0.4 is 5.32 Å². The van der Waals surface area contributed by atoms with Gasteiger partial charge < -0.3 is 20.1 Å². The standard InChI is InChI=1S/C28H29ClN2O5S/c1-18(30-16-27(32)21-4-3-5-23(29)14-21)12-20-8-11-25-22(13-20)15-26(28(33)34)31(25)17-19-6-9-24(10-7-19)37(2,35)36/h3-11,13-15,18,27,30,32H,12,16-17H2,1-2H3,(H,33,34)/t18-,27+/m1/s1. The van der Waals surface area contributed by atoms with Gasteiger partial charge in [-0.3, -0.25) is 0 Å². The normalized spacial score (nSPS) is 13.5. The first-order valence-electron chi connectivity index (χ1n) is 11.8. The van der Waals surface area contributed by atoms with Crippen molar-refractivity contribution in [2.45, 2.75) is 36.9 Å². The number of nitrogens with zero attached hydrogens (tertiary/aromatic N) is 1. The van der Waals surface area contributed by atoms with E-state index in [1.807, 2.05) is 37.3 Å². The number of halogens is 1. The summed E-state index contributed by atoms with van der Waals surface area (Å²) in [5.74, 6) is -1.03. The van der Waals surface area contributed by atoms with Crippen LogP contribution >= 0.6 is 11.6 Å². The van der Waals surface area contributed by atoms with E-state index in [4.69, 9.17) is 11.6 Å². The number of sulfone groups is 1. The number of carbonyl (C=O) groups is 1. The van der Waals surface area contributed by atoms with E-state index in [9.17, 15) is 23.4 Å². The SMILES string of the molecule is C[C@H](Cc1ccc2c(c1)cc(C(=O)O)n2Cc1ccc(S(C)(=O)=O)cc1)NC[C@H](O)c1cccc(Cl)c1. The number of hydrogen-bond donors (Lipinski definition) is 3. The maximum atomic E-state index is 12.0. The van der Waals surface area contributed by atoms with Crippen molar-refractivity contribution in [3.05, 3.63) is 100 Å². The second kappa shape index (κ2) is 11.1. The van der Waals surface area contributed by atoms with Crippen molar-refractivity contribution in [1.29, 1.82) is 0 Å². The number of rotatable bonds is 10. The lowest BCUT2D eigenvalue weighted by atomic mass is 10.0. The van der Waals surface area contributed by atoms with Gasteiger partial charge in [-0.1, -0.05) is 41.9 Å². The Morgan fingerprint density at radius 2 is 1.73 bits per heavy atom. The van der Waals surface area contributed by atoms with Crippen LogP contribution in [0.5, 0.6) is 0 Å². The van der Waals surface area contributed by atoms with E-state index in [2.05, 4.69) is 5.32 Å². The molecule has 3 aromatic carbocycles. The molecule has 0 aliphatic rings. The lowest BCUT2D eigenvalue weighted by Crippen LogP contribution is -2.32. The van der Waals surface area contributed by atoms with Crippen molar-refractivity contribution in [3.63, 3.8) is 0 Å².